The highest BCUT2D eigenvalue weighted by atomic mass is 16.5. The lowest BCUT2D eigenvalue weighted by molar-refractivity contribution is 0.354. The minimum Gasteiger partial charge on any atom is -0.493 e. The van der Waals surface area contributed by atoms with Crippen LogP contribution in [0.4, 0.5) is 0 Å². The Kier molecular flexibility index (Phi) is 6.69. The third-order valence-corrected chi connectivity index (χ3v) is 5.10. The van der Waals surface area contributed by atoms with E-state index in [0.29, 0.717) is 35.0 Å². The number of methoxy groups -OCH3 is 4. The van der Waals surface area contributed by atoms with E-state index in [1.807, 2.05) is 42.5 Å². The van der Waals surface area contributed by atoms with Crippen molar-refractivity contribution in [1.29, 1.82) is 0 Å². The minimum atomic E-state index is -0.182. The van der Waals surface area contributed by atoms with Crippen LogP contribution >= 0.6 is 0 Å². The number of aromatic nitrogens is 2. The fraction of sp³-hybridized carbons (Fsp3) is 0.304. The molecule has 0 fully saturated rings. The van der Waals surface area contributed by atoms with Gasteiger partial charge in [0.2, 0.25) is 0 Å². The van der Waals surface area contributed by atoms with Crippen LogP contribution < -0.4 is 30.1 Å². The number of hydrogen-bond donors (Lipinski definition) is 0. The van der Waals surface area contributed by atoms with Gasteiger partial charge in [-0.05, 0) is 35.9 Å². The normalized spacial score (nSPS) is 11.4. The van der Waals surface area contributed by atoms with E-state index < -0.39 is 0 Å². The van der Waals surface area contributed by atoms with Gasteiger partial charge in [0.05, 0.1) is 40.7 Å². The standard InChI is InChI=1S/C23H27N3O5/c1-25-17(16-8-10-19(29-4)21(12-16)31-6)13-22(26(2)23(25)27)24-14-15-7-9-18(28-3)20(11-15)30-5/h7-13H,14H2,1-6H3/b24-22+. The van der Waals surface area contributed by atoms with E-state index in [4.69, 9.17) is 18.9 Å². The van der Waals surface area contributed by atoms with E-state index in [1.54, 1.807) is 47.1 Å². The molecule has 0 aliphatic rings. The SMILES string of the molecule is COc1ccc(C/N=c2\cc(-c3ccc(OC)c(OC)c3)n(C)c(=O)n2C)cc1OC. The van der Waals surface area contributed by atoms with Crippen LogP contribution in [0.3, 0.4) is 0 Å². The van der Waals surface area contributed by atoms with E-state index in [1.165, 1.54) is 4.57 Å². The zero-order chi connectivity index (χ0) is 22.5. The molecule has 0 N–H and O–H groups in total. The van der Waals surface area contributed by atoms with Crippen molar-refractivity contribution in [3.63, 3.8) is 0 Å². The summed E-state index contributed by atoms with van der Waals surface area (Å²) in [7, 11) is 9.78. The summed E-state index contributed by atoms with van der Waals surface area (Å²) in [6, 6.07) is 13.0. The molecule has 0 spiro atoms. The van der Waals surface area contributed by atoms with Crippen LogP contribution in [-0.4, -0.2) is 37.6 Å². The largest absolute Gasteiger partial charge is 0.493 e. The number of nitrogens with zero attached hydrogens (tertiary/aromatic N) is 3. The van der Waals surface area contributed by atoms with Gasteiger partial charge in [-0.3, -0.25) is 14.1 Å². The lowest BCUT2D eigenvalue weighted by Gasteiger charge is -2.14. The van der Waals surface area contributed by atoms with E-state index in [0.717, 1.165) is 16.8 Å². The molecule has 3 rings (SSSR count). The predicted octanol–water partition coefficient (Wildman–Crippen LogP) is 2.53. The third-order valence-electron chi connectivity index (χ3n) is 5.10. The molecule has 3 aromatic rings. The molecule has 0 saturated heterocycles. The Morgan fingerprint density at radius 3 is 1.94 bits per heavy atom. The highest BCUT2D eigenvalue weighted by Gasteiger charge is 2.11. The first-order valence-corrected chi connectivity index (χ1v) is 9.64. The van der Waals surface area contributed by atoms with Crippen LogP contribution in [0.1, 0.15) is 5.56 Å². The maximum absolute atomic E-state index is 12.8. The first-order chi connectivity index (χ1) is 14.9. The van der Waals surface area contributed by atoms with Crippen molar-refractivity contribution in [2.24, 2.45) is 19.1 Å². The van der Waals surface area contributed by atoms with Gasteiger partial charge >= 0.3 is 5.69 Å². The van der Waals surface area contributed by atoms with E-state index in [9.17, 15) is 4.79 Å². The molecule has 0 aliphatic heterocycles. The molecule has 8 nitrogen and oxygen atoms in total. The second-order valence-corrected chi connectivity index (χ2v) is 6.86. The molecular weight excluding hydrogens is 398 g/mol. The molecule has 31 heavy (non-hydrogen) atoms. The Morgan fingerprint density at radius 2 is 1.32 bits per heavy atom. The van der Waals surface area contributed by atoms with E-state index >= 15 is 0 Å². The molecule has 1 heterocycles. The predicted molar refractivity (Wildman–Crippen MR) is 118 cm³/mol. The van der Waals surface area contributed by atoms with Crippen LogP contribution in [-0.2, 0) is 20.6 Å². The summed E-state index contributed by atoms with van der Waals surface area (Å²) in [5.74, 6) is 2.50. The second-order valence-electron chi connectivity index (χ2n) is 6.86. The molecule has 0 radical (unpaired) electrons. The zero-order valence-corrected chi connectivity index (χ0v) is 18.6. The third kappa shape index (κ3) is 4.42. The molecule has 0 aliphatic carbocycles. The average molecular weight is 425 g/mol. The molecule has 0 bridgehead atoms. The van der Waals surface area contributed by atoms with Crippen molar-refractivity contribution in [3.05, 3.63) is 64.0 Å². The van der Waals surface area contributed by atoms with Crippen LogP contribution in [0.15, 0.2) is 52.3 Å². The fourth-order valence-electron chi connectivity index (χ4n) is 3.32. The highest BCUT2D eigenvalue weighted by molar-refractivity contribution is 5.64. The Labute approximate surface area is 180 Å². The molecular formula is C23H27N3O5. The van der Waals surface area contributed by atoms with Crippen LogP contribution in [0.25, 0.3) is 11.3 Å². The van der Waals surface area contributed by atoms with Crippen molar-refractivity contribution < 1.29 is 18.9 Å². The van der Waals surface area contributed by atoms with Crippen molar-refractivity contribution in [2.45, 2.75) is 6.54 Å². The van der Waals surface area contributed by atoms with Gasteiger partial charge in [0.1, 0.15) is 5.49 Å². The molecule has 0 atom stereocenters. The smallest absolute Gasteiger partial charge is 0.329 e. The van der Waals surface area contributed by atoms with Gasteiger partial charge in [0, 0.05) is 25.7 Å². The van der Waals surface area contributed by atoms with Crippen molar-refractivity contribution in [2.75, 3.05) is 28.4 Å². The molecule has 0 amide bonds. The van der Waals surface area contributed by atoms with Gasteiger partial charge in [0.15, 0.2) is 23.0 Å². The van der Waals surface area contributed by atoms with Gasteiger partial charge in [0.25, 0.3) is 0 Å². The molecule has 2 aromatic carbocycles. The summed E-state index contributed by atoms with van der Waals surface area (Å²) in [5.41, 5.74) is 2.85. The van der Waals surface area contributed by atoms with Gasteiger partial charge in [-0.25, -0.2) is 4.79 Å². The van der Waals surface area contributed by atoms with Gasteiger partial charge in [-0.1, -0.05) is 6.07 Å². The number of rotatable bonds is 7. The van der Waals surface area contributed by atoms with Gasteiger partial charge in [-0.15, -0.1) is 0 Å². The monoisotopic (exact) mass is 425 g/mol. The lowest BCUT2D eigenvalue weighted by atomic mass is 10.1. The number of benzene rings is 2. The van der Waals surface area contributed by atoms with Crippen molar-refractivity contribution in [3.8, 4) is 34.3 Å². The Balaban J connectivity index is 2.07. The molecule has 164 valence electrons. The first-order valence-electron chi connectivity index (χ1n) is 9.64. The van der Waals surface area contributed by atoms with Crippen molar-refractivity contribution >= 4 is 0 Å². The van der Waals surface area contributed by atoms with Crippen LogP contribution in [0, 0.1) is 0 Å². The summed E-state index contributed by atoms with van der Waals surface area (Å²) in [5, 5.41) is 0. The maximum atomic E-state index is 12.8. The molecule has 0 saturated carbocycles. The summed E-state index contributed by atoms with van der Waals surface area (Å²) < 4.78 is 24.5. The van der Waals surface area contributed by atoms with Crippen molar-refractivity contribution in [1.82, 2.24) is 9.13 Å². The Morgan fingerprint density at radius 1 is 0.742 bits per heavy atom. The van der Waals surface area contributed by atoms with Crippen LogP contribution in [0.5, 0.6) is 23.0 Å². The van der Waals surface area contributed by atoms with Gasteiger partial charge < -0.3 is 18.9 Å². The highest BCUT2D eigenvalue weighted by Crippen LogP contribution is 2.31. The molecule has 1 aromatic heterocycles. The number of ether oxygens (including phenoxy) is 4. The lowest BCUT2D eigenvalue weighted by Crippen LogP contribution is -2.37. The van der Waals surface area contributed by atoms with E-state index in [2.05, 4.69) is 4.99 Å². The Bertz CT molecular complexity index is 1210. The van der Waals surface area contributed by atoms with Gasteiger partial charge in [-0.2, -0.15) is 0 Å². The van der Waals surface area contributed by atoms with E-state index in [-0.39, 0.29) is 5.69 Å². The summed E-state index contributed by atoms with van der Waals surface area (Å²) >= 11 is 0. The fourth-order valence-corrected chi connectivity index (χ4v) is 3.32. The quantitative estimate of drug-likeness (QED) is 0.582. The summed E-state index contributed by atoms with van der Waals surface area (Å²) in [6.07, 6.45) is 0. The summed E-state index contributed by atoms with van der Waals surface area (Å²) in [6.45, 7) is 0.382. The Hall–Kier alpha value is -3.68. The topological polar surface area (TPSA) is 76.2 Å². The first kappa shape index (κ1) is 22.0. The van der Waals surface area contributed by atoms with Crippen LogP contribution in [0.2, 0.25) is 0 Å². The molecule has 8 heteroatoms. The maximum Gasteiger partial charge on any atom is 0.329 e. The molecule has 0 unspecified atom stereocenters. The zero-order valence-electron chi connectivity index (χ0n) is 18.6. The number of hydrogen-bond acceptors (Lipinski definition) is 6. The summed E-state index contributed by atoms with van der Waals surface area (Å²) in [4.78, 5) is 17.5. The average Bonchev–Trinajstić information content (AvgIpc) is 2.81. The second kappa shape index (κ2) is 9.42. The minimum absolute atomic E-state index is 0.182.